The zero-order valence-corrected chi connectivity index (χ0v) is 15.6. The van der Waals surface area contributed by atoms with Crippen molar-refractivity contribution in [3.05, 3.63) is 35.3 Å². The number of anilines is 3. The molecule has 1 saturated heterocycles. The van der Waals surface area contributed by atoms with Crippen LogP contribution in [-0.4, -0.2) is 23.2 Å². The Morgan fingerprint density at radius 1 is 1.36 bits per heavy atom. The number of ether oxygens (including phenoxy) is 1. The van der Waals surface area contributed by atoms with Gasteiger partial charge in [-0.3, -0.25) is 5.32 Å². The van der Waals surface area contributed by atoms with Crippen molar-refractivity contribution < 1.29 is 9.53 Å². The number of nitrogen functional groups attached to an aromatic ring is 1. The first-order chi connectivity index (χ1) is 11.8. The average Bonchev–Trinajstić information content (AvgIpc) is 3.14. The van der Waals surface area contributed by atoms with E-state index in [0.717, 1.165) is 30.8 Å². The Morgan fingerprint density at radius 2 is 2.08 bits per heavy atom. The van der Waals surface area contributed by atoms with Gasteiger partial charge < -0.3 is 15.4 Å². The van der Waals surface area contributed by atoms with E-state index in [9.17, 15) is 4.79 Å². The summed E-state index contributed by atoms with van der Waals surface area (Å²) in [5, 5.41) is 5.40. The highest BCUT2D eigenvalue weighted by atomic mass is 32.1. The minimum Gasteiger partial charge on any atom is -0.444 e. The molecule has 0 radical (unpaired) electrons. The van der Waals surface area contributed by atoms with Crippen LogP contribution >= 0.6 is 11.3 Å². The summed E-state index contributed by atoms with van der Waals surface area (Å²) in [5.74, 6) is 0. The van der Waals surface area contributed by atoms with Crippen molar-refractivity contribution in [1.29, 1.82) is 0 Å². The van der Waals surface area contributed by atoms with Crippen molar-refractivity contribution in [3.63, 3.8) is 0 Å². The maximum absolute atomic E-state index is 11.8. The SMILES string of the molecule is CC(C)(C)OC(=O)Nc1ccc(N2CCC[C@@H]2c2csc(N)n2)cc1. The van der Waals surface area contributed by atoms with E-state index in [-0.39, 0.29) is 6.04 Å². The van der Waals surface area contributed by atoms with Gasteiger partial charge in [-0.2, -0.15) is 0 Å². The van der Waals surface area contributed by atoms with Gasteiger partial charge in [-0.05, 0) is 57.9 Å². The zero-order valence-electron chi connectivity index (χ0n) is 14.8. The molecule has 0 unspecified atom stereocenters. The predicted octanol–water partition coefficient (Wildman–Crippen LogP) is 4.41. The first kappa shape index (κ1) is 17.5. The van der Waals surface area contributed by atoms with Crippen LogP contribution in [0.3, 0.4) is 0 Å². The Hall–Kier alpha value is -2.28. The third-order valence-corrected chi connectivity index (χ3v) is 4.67. The summed E-state index contributed by atoms with van der Waals surface area (Å²) in [6.45, 7) is 6.51. The van der Waals surface area contributed by atoms with Gasteiger partial charge in [0.15, 0.2) is 5.13 Å². The van der Waals surface area contributed by atoms with E-state index in [1.54, 1.807) is 0 Å². The van der Waals surface area contributed by atoms with Gasteiger partial charge in [0.2, 0.25) is 0 Å². The topological polar surface area (TPSA) is 80.5 Å². The molecule has 0 aliphatic carbocycles. The fourth-order valence-corrected chi connectivity index (χ4v) is 3.60. The highest BCUT2D eigenvalue weighted by molar-refractivity contribution is 7.13. The lowest BCUT2D eigenvalue weighted by Crippen LogP contribution is -2.27. The number of aromatic nitrogens is 1. The van der Waals surface area contributed by atoms with Gasteiger partial charge in [0.05, 0.1) is 11.7 Å². The van der Waals surface area contributed by atoms with Crippen molar-refractivity contribution in [2.45, 2.75) is 45.3 Å². The van der Waals surface area contributed by atoms with Crippen LogP contribution in [-0.2, 0) is 4.74 Å². The molecule has 1 atom stereocenters. The number of hydrogen-bond donors (Lipinski definition) is 2. The van der Waals surface area contributed by atoms with E-state index in [0.29, 0.717) is 10.8 Å². The Labute approximate surface area is 152 Å². The van der Waals surface area contributed by atoms with E-state index in [1.165, 1.54) is 11.3 Å². The fraction of sp³-hybridized carbons (Fsp3) is 0.444. The molecule has 0 spiro atoms. The van der Waals surface area contributed by atoms with Crippen LogP contribution < -0.4 is 16.0 Å². The predicted molar refractivity (Wildman–Crippen MR) is 102 cm³/mol. The largest absolute Gasteiger partial charge is 0.444 e. The fourth-order valence-electron chi connectivity index (χ4n) is 2.99. The lowest BCUT2D eigenvalue weighted by molar-refractivity contribution is 0.0636. The third-order valence-electron chi connectivity index (χ3n) is 3.98. The van der Waals surface area contributed by atoms with Crippen molar-refractivity contribution >= 4 is 33.9 Å². The van der Waals surface area contributed by atoms with Gasteiger partial charge in [-0.25, -0.2) is 9.78 Å². The summed E-state index contributed by atoms with van der Waals surface area (Å²) in [5.41, 5.74) is 8.13. The molecule has 7 heteroatoms. The molecule has 1 fully saturated rings. The molecular formula is C18H24N4O2S. The maximum Gasteiger partial charge on any atom is 0.412 e. The van der Waals surface area contributed by atoms with Gasteiger partial charge >= 0.3 is 6.09 Å². The van der Waals surface area contributed by atoms with Crippen LogP contribution in [0.15, 0.2) is 29.6 Å². The molecule has 25 heavy (non-hydrogen) atoms. The summed E-state index contributed by atoms with van der Waals surface area (Å²) in [4.78, 5) is 18.6. The van der Waals surface area contributed by atoms with E-state index in [2.05, 4.69) is 15.2 Å². The summed E-state index contributed by atoms with van der Waals surface area (Å²) in [6.07, 6.45) is 1.75. The Morgan fingerprint density at radius 3 is 2.68 bits per heavy atom. The number of amides is 1. The number of carbonyl (C=O) groups excluding carboxylic acids is 1. The van der Waals surface area contributed by atoms with E-state index in [1.807, 2.05) is 50.4 Å². The molecule has 3 rings (SSSR count). The van der Waals surface area contributed by atoms with Gasteiger partial charge in [0.25, 0.3) is 0 Å². The van der Waals surface area contributed by atoms with E-state index < -0.39 is 11.7 Å². The molecule has 1 aliphatic heterocycles. The van der Waals surface area contributed by atoms with Crippen molar-refractivity contribution in [2.75, 3.05) is 22.5 Å². The van der Waals surface area contributed by atoms with E-state index >= 15 is 0 Å². The van der Waals surface area contributed by atoms with Crippen LogP contribution in [0.1, 0.15) is 45.3 Å². The minimum atomic E-state index is -0.512. The first-order valence-electron chi connectivity index (χ1n) is 8.39. The summed E-state index contributed by atoms with van der Waals surface area (Å²) < 4.78 is 5.27. The third kappa shape index (κ3) is 4.42. The molecule has 1 aromatic carbocycles. The number of benzene rings is 1. The zero-order chi connectivity index (χ0) is 18.0. The normalized spacial score (nSPS) is 17.6. The molecule has 1 aliphatic rings. The molecule has 3 N–H and O–H groups in total. The van der Waals surface area contributed by atoms with Gasteiger partial charge in [0, 0.05) is 23.3 Å². The molecule has 0 bridgehead atoms. The Bertz CT molecular complexity index is 736. The van der Waals surface area contributed by atoms with Gasteiger partial charge in [-0.1, -0.05) is 0 Å². The van der Waals surface area contributed by atoms with Crippen LogP contribution in [0, 0.1) is 0 Å². The number of nitrogens with zero attached hydrogens (tertiary/aromatic N) is 2. The minimum absolute atomic E-state index is 0.262. The number of carbonyl (C=O) groups is 1. The van der Waals surface area contributed by atoms with Crippen molar-refractivity contribution in [2.24, 2.45) is 0 Å². The van der Waals surface area contributed by atoms with Gasteiger partial charge in [0.1, 0.15) is 5.60 Å². The molecule has 134 valence electrons. The van der Waals surface area contributed by atoms with Gasteiger partial charge in [-0.15, -0.1) is 11.3 Å². The van der Waals surface area contributed by atoms with E-state index in [4.69, 9.17) is 10.5 Å². The van der Waals surface area contributed by atoms with Crippen LogP contribution in [0.25, 0.3) is 0 Å². The van der Waals surface area contributed by atoms with Crippen molar-refractivity contribution in [3.8, 4) is 0 Å². The summed E-state index contributed by atoms with van der Waals surface area (Å²) >= 11 is 1.48. The molecule has 0 saturated carbocycles. The Kier molecular flexibility index (Phi) is 4.85. The van der Waals surface area contributed by atoms with Crippen molar-refractivity contribution in [1.82, 2.24) is 4.98 Å². The second-order valence-corrected chi connectivity index (χ2v) is 8.03. The molecule has 1 aromatic heterocycles. The standard InChI is InChI=1S/C18H24N4O2S/c1-18(2,3)24-17(23)20-12-6-8-13(9-7-12)22-10-4-5-15(22)14-11-25-16(19)21-14/h6-9,11,15H,4-5,10H2,1-3H3,(H2,19,21)(H,20,23)/t15-/m1/s1. The summed E-state index contributed by atoms with van der Waals surface area (Å²) in [7, 11) is 0. The lowest BCUT2D eigenvalue weighted by Gasteiger charge is -2.26. The van der Waals surface area contributed by atoms with Crippen LogP contribution in [0.4, 0.5) is 21.3 Å². The molecule has 2 aromatic rings. The first-order valence-corrected chi connectivity index (χ1v) is 9.27. The summed E-state index contributed by atoms with van der Waals surface area (Å²) in [6, 6.07) is 8.08. The maximum atomic E-state index is 11.8. The molecule has 1 amide bonds. The highest BCUT2D eigenvalue weighted by Crippen LogP contribution is 2.37. The van der Waals surface area contributed by atoms with Crippen LogP contribution in [0.5, 0.6) is 0 Å². The lowest BCUT2D eigenvalue weighted by atomic mass is 10.1. The number of thiazole rings is 1. The number of hydrogen-bond acceptors (Lipinski definition) is 6. The molecule has 6 nitrogen and oxygen atoms in total. The average molecular weight is 360 g/mol. The monoisotopic (exact) mass is 360 g/mol. The quantitative estimate of drug-likeness (QED) is 0.847. The number of nitrogens with one attached hydrogen (secondary N) is 1. The molecular weight excluding hydrogens is 336 g/mol. The Balaban J connectivity index is 1.68. The smallest absolute Gasteiger partial charge is 0.412 e. The highest BCUT2D eigenvalue weighted by Gasteiger charge is 2.28. The number of rotatable bonds is 3. The second kappa shape index (κ2) is 6.92. The van der Waals surface area contributed by atoms with Crippen LogP contribution in [0.2, 0.25) is 0 Å². The molecule has 2 heterocycles. The second-order valence-electron chi connectivity index (χ2n) is 7.14. The number of nitrogens with two attached hydrogens (primary N) is 1.